The van der Waals surface area contributed by atoms with Crippen molar-refractivity contribution in [2.24, 2.45) is 23.2 Å². The van der Waals surface area contributed by atoms with Gasteiger partial charge in [0.25, 0.3) is 0 Å². The molecule has 5 nitrogen and oxygen atoms in total. The van der Waals surface area contributed by atoms with Crippen molar-refractivity contribution in [3.05, 3.63) is 24.3 Å². The monoisotopic (exact) mass is 383 g/mol. The Balaban J connectivity index is 1.09. The van der Waals surface area contributed by atoms with Gasteiger partial charge < -0.3 is 15.0 Å². The Morgan fingerprint density at radius 2 is 1.82 bits per heavy atom. The van der Waals surface area contributed by atoms with Crippen LogP contribution in [0.5, 0.6) is 5.75 Å². The Morgan fingerprint density at radius 3 is 2.54 bits per heavy atom. The third-order valence-electron chi connectivity index (χ3n) is 7.95. The molecule has 1 aromatic carbocycles. The number of hydrogen-bond donors (Lipinski definition) is 1. The third-order valence-corrected chi connectivity index (χ3v) is 7.95. The number of methoxy groups -OCH3 is 1. The van der Waals surface area contributed by atoms with E-state index < -0.39 is 0 Å². The second-order valence-electron chi connectivity index (χ2n) is 9.46. The molecule has 2 unspecified atom stereocenters. The van der Waals surface area contributed by atoms with Crippen LogP contribution in [0.1, 0.15) is 32.1 Å². The Kier molecular flexibility index (Phi) is 4.74. The number of piperazine rings is 1. The standard InChI is InChI=1S/C23H33N3O2/c1-28-21-5-3-2-4-20(21)26-10-8-25(9-11-26)7-6-24-22(27)23-15-17-12-18(16-23)14-19(23)13-17/h2-5,17-19H,6-16H2,1H3,(H,24,27). The quantitative estimate of drug-likeness (QED) is 0.820. The first-order chi connectivity index (χ1) is 13.7. The first kappa shape index (κ1) is 18.3. The summed E-state index contributed by atoms with van der Waals surface area (Å²) in [6.07, 6.45) is 6.35. The van der Waals surface area contributed by atoms with Gasteiger partial charge in [-0.05, 0) is 62.0 Å². The van der Waals surface area contributed by atoms with Crippen LogP contribution in [0.25, 0.3) is 0 Å². The van der Waals surface area contributed by atoms with Gasteiger partial charge in [0.05, 0.1) is 18.2 Å². The minimum Gasteiger partial charge on any atom is -0.495 e. The fraction of sp³-hybridized carbons (Fsp3) is 0.696. The fourth-order valence-corrected chi connectivity index (χ4v) is 6.77. The number of amides is 1. The maximum atomic E-state index is 13.0. The summed E-state index contributed by atoms with van der Waals surface area (Å²) < 4.78 is 5.51. The Labute approximate surface area is 168 Å². The van der Waals surface area contributed by atoms with Gasteiger partial charge in [-0.15, -0.1) is 0 Å². The summed E-state index contributed by atoms with van der Waals surface area (Å²) in [7, 11) is 1.74. The lowest BCUT2D eigenvalue weighted by atomic mass is 9.75. The SMILES string of the molecule is COc1ccccc1N1CCN(CCNC(=O)C23CC4CC(CC2C4)C3)CC1. The molecule has 1 saturated heterocycles. The van der Waals surface area contributed by atoms with E-state index in [2.05, 4.69) is 27.2 Å². The largest absolute Gasteiger partial charge is 0.495 e. The van der Waals surface area contributed by atoms with E-state index in [1.54, 1.807) is 7.11 Å². The molecule has 4 saturated carbocycles. The van der Waals surface area contributed by atoms with Crippen LogP contribution >= 0.6 is 0 Å². The summed E-state index contributed by atoms with van der Waals surface area (Å²) >= 11 is 0. The van der Waals surface area contributed by atoms with Crippen molar-refractivity contribution in [1.82, 2.24) is 10.2 Å². The number of hydrogen-bond acceptors (Lipinski definition) is 4. The highest BCUT2D eigenvalue weighted by Crippen LogP contribution is 2.65. The highest BCUT2D eigenvalue weighted by Gasteiger charge is 2.61. The van der Waals surface area contributed by atoms with E-state index in [0.717, 1.165) is 69.7 Å². The van der Waals surface area contributed by atoms with Crippen molar-refractivity contribution in [3.8, 4) is 5.75 Å². The molecule has 152 valence electrons. The summed E-state index contributed by atoms with van der Waals surface area (Å²) in [5.74, 6) is 3.68. The Morgan fingerprint density at radius 1 is 1.11 bits per heavy atom. The van der Waals surface area contributed by atoms with Crippen molar-refractivity contribution in [2.75, 3.05) is 51.3 Å². The zero-order chi connectivity index (χ0) is 19.1. The molecule has 1 N–H and O–H groups in total. The van der Waals surface area contributed by atoms with E-state index in [1.165, 1.54) is 24.9 Å². The molecule has 6 rings (SSSR count). The fourth-order valence-electron chi connectivity index (χ4n) is 6.77. The van der Waals surface area contributed by atoms with Crippen molar-refractivity contribution in [1.29, 1.82) is 0 Å². The average molecular weight is 384 g/mol. The minimum atomic E-state index is 0.0101. The molecule has 4 aliphatic carbocycles. The number of para-hydroxylation sites is 2. The molecule has 1 amide bonds. The number of carbonyl (C=O) groups is 1. The first-order valence-corrected chi connectivity index (χ1v) is 11.1. The molecular formula is C23H33N3O2. The second kappa shape index (κ2) is 7.25. The molecule has 1 aliphatic heterocycles. The maximum Gasteiger partial charge on any atom is 0.226 e. The molecule has 5 aliphatic rings. The van der Waals surface area contributed by atoms with Gasteiger partial charge in [0.15, 0.2) is 0 Å². The zero-order valence-electron chi connectivity index (χ0n) is 17.0. The summed E-state index contributed by atoms with van der Waals surface area (Å²) in [4.78, 5) is 17.9. The predicted molar refractivity (Wildman–Crippen MR) is 111 cm³/mol. The van der Waals surface area contributed by atoms with E-state index in [0.29, 0.717) is 11.8 Å². The van der Waals surface area contributed by atoms with Gasteiger partial charge >= 0.3 is 0 Å². The number of nitrogens with zero attached hydrogens (tertiary/aromatic N) is 2. The second-order valence-corrected chi connectivity index (χ2v) is 9.46. The van der Waals surface area contributed by atoms with Crippen LogP contribution in [0.15, 0.2) is 24.3 Å². The molecule has 4 bridgehead atoms. The van der Waals surface area contributed by atoms with Gasteiger partial charge in [-0.1, -0.05) is 12.1 Å². The number of anilines is 1. The van der Waals surface area contributed by atoms with E-state index in [9.17, 15) is 4.79 Å². The molecule has 1 heterocycles. The molecule has 5 fully saturated rings. The zero-order valence-corrected chi connectivity index (χ0v) is 17.0. The van der Waals surface area contributed by atoms with Crippen LogP contribution in [-0.2, 0) is 4.79 Å². The number of rotatable bonds is 6. The number of carbonyl (C=O) groups excluding carboxylic acids is 1. The number of ether oxygens (including phenoxy) is 1. The molecule has 2 atom stereocenters. The highest BCUT2D eigenvalue weighted by molar-refractivity contribution is 5.84. The van der Waals surface area contributed by atoms with Crippen molar-refractivity contribution >= 4 is 11.6 Å². The van der Waals surface area contributed by atoms with E-state index in [4.69, 9.17) is 4.74 Å². The maximum absolute atomic E-state index is 13.0. The van der Waals surface area contributed by atoms with Crippen molar-refractivity contribution < 1.29 is 9.53 Å². The van der Waals surface area contributed by atoms with Crippen molar-refractivity contribution in [3.63, 3.8) is 0 Å². The van der Waals surface area contributed by atoms with Gasteiger partial charge in [0.1, 0.15) is 5.75 Å². The lowest BCUT2D eigenvalue weighted by Gasteiger charge is -2.37. The molecule has 0 spiro atoms. The van der Waals surface area contributed by atoms with Gasteiger partial charge in [0.2, 0.25) is 5.91 Å². The van der Waals surface area contributed by atoms with Crippen LogP contribution in [0.2, 0.25) is 0 Å². The molecular weight excluding hydrogens is 350 g/mol. The van der Waals surface area contributed by atoms with Crippen LogP contribution in [-0.4, -0.2) is 57.2 Å². The van der Waals surface area contributed by atoms with E-state index in [-0.39, 0.29) is 5.41 Å². The predicted octanol–water partition coefficient (Wildman–Crippen LogP) is 2.76. The third kappa shape index (κ3) is 3.08. The molecule has 0 radical (unpaired) electrons. The summed E-state index contributed by atoms with van der Waals surface area (Å²) in [5, 5.41) is 3.32. The van der Waals surface area contributed by atoms with Crippen LogP contribution in [0.4, 0.5) is 5.69 Å². The highest BCUT2D eigenvalue weighted by atomic mass is 16.5. The van der Waals surface area contributed by atoms with E-state index >= 15 is 0 Å². The van der Waals surface area contributed by atoms with Gasteiger partial charge in [-0.2, -0.15) is 0 Å². The smallest absolute Gasteiger partial charge is 0.226 e. The lowest BCUT2D eigenvalue weighted by molar-refractivity contribution is -0.132. The molecule has 28 heavy (non-hydrogen) atoms. The summed E-state index contributed by atoms with van der Waals surface area (Å²) in [5.41, 5.74) is 1.19. The normalized spacial score (nSPS) is 34.0. The van der Waals surface area contributed by atoms with Crippen LogP contribution in [0, 0.1) is 23.2 Å². The Bertz CT molecular complexity index is 714. The molecule has 0 aromatic heterocycles. The van der Waals surface area contributed by atoms with Gasteiger partial charge in [0, 0.05) is 39.3 Å². The van der Waals surface area contributed by atoms with E-state index in [1.807, 2.05) is 12.1 Å². The van der Waals surface area contributed by atoms with Gasteiger partial charge in [-0.25, -0.2) is 0 Å². The Hall–Kier alpha value is -1.75. The molecule has 5 heteroatoms. The summed E-state index contributed by atoms with van der Waals surface area (Å²) in [6.45, 7) is 5.82. The minimum absolute atomic E-state index is 0.0101. The summed E-state index contributed by atoms with van der Waals surface area (Å²) in [6, 6.07) is 8.25. The van der Waals surface area contributed by atoms with Crippen LogP contribution in [0.3, 0.4) is 0 Å². The average Bonchev–Trinajstić information content (AvgIpc) is 3.13. The topological polar surface area (TPSA) is 44.8 Å². The lowest BCUT2D eigenvalue weighted by Crippen LogP contribution is -2.50. The molecule has 1 aromatic rings. The van der Waals surface area contributed by atoms with Gasteiger partial charge in [-0.3, -0.25) is 9.69 Å². The van der Waals surface area contributed by atoms with Crippen molar-refractivity contribution in [2.45, 2.75) is 32.1 Å². The number of nitrogens with one attached hydrogen (secondary N) is 1. The first-order valence-electron chi connectivity index (χ1n) is 11.1. The number of benzene rings is 1. The van der Waals surface area contributed by atoms with Crippen LogP contribution < -0.4 is 15.0 Å².